The van der Waals surface area contributed by atoms with Gasteiger partial charge in [-0.3, -0.25) is 0 Å². The Bertz CT molecular complexity index is 623. The average Bonchev–Trinajstić information content (AvgIpc) is 2.47. The zero-order valence-electron chi connectivity index (χ0n) is 11.4. The minimum atomic E-state index is -3.41. The maximum absolute atomic E-state index is 12.4. The largest absolute Gasteiger partial charge is 0.385 e. The zero-order valence-corrected chi connectivity index (χ0v) is 12.2. The molecule has 1 heterocycles. The molecule has 1 unspecified atom stereocenters. The van der Waals surface area contributed by atoms with Crippen LogP contribution in [0.1, 0.15) is 31.2 Å². The summed E-state index contributed by atoms with van der Waals surface area (Å²) < 4.78 is 27.7. The SMILES string of the molecule is O=S(=O)(NC1CC=CCC1)c1ccc2c(c1)CCCN2. The molecule has 0 radical (unpaired) electrons. The second kappa shape index (κ2) is 5.58. The normalized spacial score (nSPS) is 22.1. The number of allylic oxidation sites excluding steroid dienone is 1. The van der Waals surface area contributed by atoms with Crippen LogP contribution in [0.3, 0.4) is 0 Å². The number of aryl methyl sites for hydroxylation is 1. The van der Waals surface area contributed by atoms with E-state index < -0.39 is 10.0 Å². The first-order chi connectivity index (χ1) is 9.65. The Balaban J connectivity index is 1.81. The monoisotopic (exact) mass is 292 g/mol. The molecule has 0 saturated heterocycles. The molecule has 108 valence electrons. The van der Waals surface area contributed by atoms with Crippen LogP contribution in [0, 0.1) is 0 Å². The fourth-order valence-corrected chi connectivity index (χ4v) is 4.14. The van der Waals surface area contributed by atoms with Crippen LogP contribution in [-0.4, -0.2) is 21.0 Å². The van der Waals surface area contributed by atoms with E-state index in [1.165, 1.54) is 0 Å². The lowest BCUT2D eigenvalue weighted by Crippen LogP contribution is -2.35. The first-order valence-corrected chi connectivity index (χ1v) is 8.67. The van der Waals surface area contributed by atoms with Crippen molar-refractivity contribution in [1.29, 1.82) is 0 Å². The summed E-state index contributed by atoms with van der Waals surface area (Å²) in [5.41, 5.74) is 2.17. The summed E-state index contributed by atoms with van der Waals surface area (Å²) in [6.07, 6.45) is 8.76. The Labute approximate surface area is 120 Å². The van der Waals surface area contributed by atoms with E-state index in [2.05, 4.69) is 16.1 Å². The fourth-order valence-electron chi connectivity index (χ4n) is 2.81. The molecule has 0 aromatic heterocycles. The van der Waals surface area contributed by atoms with Crippen molar-refractivity contribution in [2.24, 2.45) is 0 Å². The maximum Gasteiger partial charge on any atom is 0.240 e. The molecule has 0 spiro atoms. The van der Waals surface area contributed by atoms with E-state index in [-0.39, 0.29) is 6.04 Å². The topological polar surface area (TPSA) is 58.2 Å². The molecular formula is C15H20N2O2S. The van der Waals surface area contributed by atoms with Crippen LogP contribution in [0.25, 0.3) is 0 Å². The molecule has 5 heteroatoms. The highest BCUT2D eigenvalue weighted by Gasteiger charge is 2.21. The summed E-state index contributed by atoms with van der Waals surface area (Å²) in [7, 11) is -3.41. The molecule has 0 bridgehead atoms. The molecule has 1 atom stereocenters. The van der Waals surface area contributed by atoms with Gasteiger partial charge >= 0.3 is 0 Å². The summed E-state index contributed by atoms with van der Waals surface area (Å²) in [5, 5.41) is 3.30. The molecule has 1 aliphatic carbocycles. The molecule has 0 amide bonds. The third kappa shape index (κ3) is 2.88. The highest BCUT2D eigenvalue weighted by Crippen LogP contribution is 2.25. The Morgan fingerprint density at radius 1 is 1.25 bits per heavy atom. The number of rotatable bonds is 3. The van der Waals surface area contributed by atoms with Crippen molar-refractivity contribution in [3.05, 3.63) is 35.9 Å². The molecule has 0 saturated carbocycles. The summed E-state index contributed by atoms with van der Waals surface area (Å²) in [6.45, 7) is 0.964. The van der Waals surface area contributed by atoms with Crippen molar-refractivity contribution in [3.63, 3.8) is 0 Å². The number of nitrogens with one attached hydrogen (secondary N) is 2. The van der Waals surface area contributed by atoms with Crippen LogP contribution >= 0.6 is 0 Å². The van der Waals surface area contributed by atoms with Gasteiger partial charge in [-0.15, -0.1) is 0 Å². The van der Waals surface area contributed by atoms with Gasteiger partial charge in [0.05, 0.1) is 4.90 Å². The van der Waals surface area contributed by atoms with Crippen LogP contribution in [0.15, 0.2) is 35.2 Å². The summed E-state index contributed by atoms with van der Waals surface area (Å²) in [6, 6.07) is 5.41. The third-order valence-corrected chi connectivity index (χ3v) is 5.43. The van der Waals surface area contributed by atoms with Crippen molar-refractivity contribution in [1.82, 2.24) is 4.72 Å². The van der Waals surface area contributed by atoms with Crippen molar-refractivity contribution in [3.8, 4) is 0 Å². The van der Waals surface area contributed by atoms with Gasteiger partial charge in [-0.25, -0.2) is 13.1 Å². The van der Waals surface area contributed by atoms with Crippen LogP contribution < -0.4 is 10.0 Å². The third-order valence-electron chi connectivity index (χ3n) is 3.92. The lowest BCUT2D eigenvalue weighted by atomic mass is 10.0. The van der Waals surface area contributed by atoms with E-state index in [0.717, 1.165) is 49.9 Å². The Kier molecular flexibility index (Phi) is 3.81. The highest BCUT2D eigenvalue weighted by atomic mass is 32.2. The van der Waals surface area contributed by atoms with Crippen LogP contribution in [0.5, 0.6) is 0 Å². The van der Waals surface area contributed by atoms with Gasteiger partial charge in [-0.2, -0.15) is 0 Å². The van der Waals surface area contributed by atoms with Crippen molar-refractivity contribution < 1.29 is 8.42 Å². The summed E-state index contributed by atoms with van der Waals surface area (Å²) in [5.74, 6) is 0. The lowest BCUT2D eigenvalue weighted by Gasteiger charge is -2.21. The molecule has 0 fully saturated rings. The van der Waals surface area contributed by atoms with Gasteiger partial charge in [-0.05, 0) is 55.9 Å². The number of hydrogen-bond donors (Lipinski definition) is 2. The average molecular weight is 292 g/mol. The molecular weight excluding hydrogens is 272 g/mol. The van der Waals surface area contributed by atoms with Crippen LogP contribution in [0.2, 0.25) is 0 Å². The second-order valence-electron chi connectivity index (χ2n) is 5.45. The Morgan fingerprint density at radius 3 is 2.95 bits per heavy atom. The van der Waals surface area contributed by atoms with Gasteiger partial charge in [-0.1, -0.05) is 12.2 Å². The van der Waals surface area contributed by atoms with E-state index in [1.54, 1.807) is 6.07 Å². The number of hydrogen-bond acceptors (Lipinski definition) is 3. The van der Waals surface area contributed by atoms with Crippen molar-refractivity contribution in [2.75, 3.05) is 11.9 Å². The molecule has 2 aliphatic rings. The number of fused-ring (bicyclic) bond motifs is 1. The first kappa shape index (κ1) is 13.6. The predicted octanol–water partition coefficient (Wildman–Crippen LogP) is 2.43. The Morgan fingerprint density at radius 2 is 2.15 bits per heavy atom. The van der Waals surface area contributed by atoms with Gasteiger partial charge in [0.15, 0.2) is 0 Å². The van der Waals surface area contributed by atoms with Gasteiger partial charge in [0.25, 0.3) is 0 Å². The molecule has 3 rings (SSSR count). The smallest absolute Gasteiger partial charge is 0.240 e. The highest BCUT2D eigenvalue weighted by molar-refractivity contribution is 7.89. The maximum atomic E-state index is 12.4. The van der Waals surface area contributed by atoms with Crippen LogP contribution in [-0.2, 0) is 16.4 Å². The zero-order chi connectivity index (χ0) is 14.0. The van der Waals surface area contributed by atoms with Crippen LogP contribution in [0.4, 0.5) is 5.69 Å². The number of benzene rings is 1. The van der Waals surface area contributed by atoms with E-state index in [0.29, 0.717) is 4.90 Å². The van der Waals surface area contributed by atoms with Gasteiger partial charge in [0.1, 0.15) is 0 Å². The second-order valence-corrected chi connectivity index (χ2v) is 7.17. The predicted molar refractivity (Wildman–Crippen MR) is 80.4 cm³/mol. The minimum absolute atomic E-state index is 0.0270. The van der Waals surface area contributed by atoms with E-state index in [1.807, 2.05) is 18.2 Å². The van der Waals surface area contributed by atoms with Crippen molar-refractivity contribution in [2.45, 2.75) is 43.0 Å². The Hall–Kier alpha value is -1.33. The summed E-state index contributed by atoms with van der Waals surface area (Å²) in [4.78, 5) is 0.384. The molecule has 1 aromatic rings. The molecule has 2 N–H and O–H groups in total. The van der Waals surface area contributed by atoms with Crippen molar-refractivity contribution >= 4 is 15.7 Å². The number of sulfonamides is 1. The van der Waals surface area contributed by atoms with E-state index in [4.69, 9.17) is 0 Å². The van der Waals surface area contributed by atoms with Gasteiger partial charge in [0, 0.05) is 18.3 Å². The van der Waals surface area contributed by atoms with E-state index in [9.17, 15) is 8.42 Å². The number of anilines is 1. The quantitative estimate of drug-likeness (QED) is 0.841. The summed E-state index contributed by atoms with van der Waals surface area (Å²) >= 11 is 0. The molecule has 1 aliphatic heterocycles. The first-order valence-electron chi connectivity index (χ1n) is 7.19. The van der Waals surface area contributed by atoms with Gasteiger partial charge in [0.2, 0.25) is 10.0 Å². The standard InChI is InChI=1S/C15H20N2O2S/c18-20(19,17-13-6-2-1-3-7-13)14-8-9-15-12(11-14)5-4-10-16-15/h1-2,8-9,11,13,16-17H,3-7,10H2. The lowest BCUT2D eigenvalue weighted by molar-refractivity contribution is 0.522. The van der Waals surface area contributed by atoms with Gasteiger partial charge < -0.3 is 5.32 Å². The fraction of sp³-hybridized carbons (Fsp3) is 0.467. The minimum Gasteiger partial charge on any atom is -0.385 e. The molecule has 1 aromatic carbocycles. The van der Waals surface area contributed by atoms with E-state index >= 15 is 0 Å². The molecule has 4 nitrogen and oxygen atoms in total. The molecule has 20 heavy (non-hydrogen) atoms.